The molecule has 3 N–H and O–H groups in total. The first kappa shape index (κ1) is 37.1. The molecule has 0 aromatic carbocycles. The Labute approximate surface area is 237 Å². The quantitative estimate of drug-likeness (QED) is 0.0631. The Balaban J connectivity index is 3.27. The zero-order valence-electron chi connectivity index (χ0n) is 25.7. The summed E-state index contributed by atoms with van der Waals surface area (Å²) in [5.41, 5.74) is 0. The number of carbonyl (C=O) groups is 1. The fourth-order valence-electron chi connectivity index (χ4n) is 5.14. The van der Waals surface area contributed by atoms with E-state index in [-0.39, 0.29) is 12.5 Å². The van der Waals surface area contributed by atoms with Crippen LogP contribution in [0.15, 0.2) is 12.2 Å². The van der Waals surface area contributed by atoms with E-state index in [9.17, 15) is 15.0 Å². The second-order valence-electron chi connectivity index (χ2n) is 11.5. The van der Waals surface area contributed by atoms with Gasteiger partial charge >= 0.3 is 0 Å². The number of amides is 1. The van der Waals surface area contributed by atoms with Gasteiger partial charge < -0.3 is 15.5 Å². The number of aliphatic hydroxyl groups is 2. The summed E-state index contributed by atoms with van der Waals surface area (Å²) in [4.78, 5) is 11.4. The molecule has 0 saturated carbocycles. The molecule has 38 heavy (non-hydrogen) atoms. The van der Waals surface area contributed by atoms with Crippen LogP contribution in [0.25, 0.3) is 0 Å². The van der Waals surface area contributed by atoms with E-state index in [4.69, 9.17) is 0 Å². The van der Waals surface area contributed by atoms with E-state index in [1.54, 1.807) is 13.0 Å². The van der Waals surface area contributed by atoms with Gasteiger partial charge in [0, 0.05) is 6.42 Å². The number of carbonyl (C=O) groups excluding carboxylic acids is 1. The van der Waals surface area contributed by atoms with Crippen LogP contribution in [0.4, 0.5) is 0 Å². The number of allylic oxidation sites excluding steroid dienone is 1. The number of nitrogens with one attached hydrogen (secondary N) is 1. The van der Waals surface area contributed by atoms with E-state index in [2.05, 4.69) is 12.2 Å². The fraction of sp³-hybridized carbons (Fsp3) is 0.912. The van der Waals surface area contributed by atoms with Crippen LogP contribution < -0.4 is 5.32 Å². The molecule has 4 nitrogen and oxygen atoms in total. The Morgan fingerprint density at radius 1 is 0.605 bits per heavy atom. The van der Waals surface area contributed by atoms with Crippen molar-refractivity contribution in [2.75, 3.05) is 6.61 Å². The van der Waals surface area contributed by atoms with Crippen LogP contribution in [0.5, 0.6) is 0 Å². The summed E-state index contributed by atoms with van der Waals surface area (Å²) in [7, 11) is 0. The molecule has 0 radical (unpaired) electrons. The van der Waals surface area contributed by atoms with Crippen LogP contribution in [-0.4, -0.2) is 34.9 Å². The minimum absolute atomic E-state index is 0.151. The molecule has 0 aromatic heterocycles. The number of hydrogen-bond acceptors (Lipinski definition) is 3. The molecule has 2 atom stereocenters. The number of aliphatic hydroxyl groups excluding tert-OH is 2. The molecule has 0 aromatic rings. The highest BCUT2D eigenvalue weighted by Crippen LogP contribution is 2.16. The van der Waals surface area contributed by atoms with E-state index < -0.39 is 12.1 Å². The summed E-state index contributed by atoms with van der Waals surface area (Å²) in [5, 5.41) is 22.1. The Morgan fingerprint density at radius 2 is 0.947 bits per heavy atom. The molecule has 0 aliphatic heterocycles. The van der Waals surface area contributed by atoms with Crippen molar-refractivity contribution in [1.82, 2.24) is 5.32 Å². The molecule has 2 unspecified atom stereocenters. The zero-order chi connectivity index (χ0) is 27.9. The van der Waals surface area contributed by atoms with Crippen molar-refractivity contribution in [3.8, 4) is 0 Å². The molecular weight excluding hydrogens is 470 g/mol. The average Bonchev–Trinajstić information content (AvgIpc) is 2.93. The Morgan fingerprint density at radius 3 is 1.26 bits per heavy atom. The minimum Gasteiger partial charge on any atom is -0.394 e. The second-order valence-corrected chi connectivity index (χ2v) is 11.5. The predicted molar refractivity (Wildman–Crippen MR) is 166 cm³/mol. The van der Waals surface area contributed by atoms with Crippen molar-refractivity contribution in [2.24, 2.45) is 0 Å². The van der Waals surface area contributed by atoms with E-state index in [1.165, 1.54) is 148 Å². The lowest BCUT2D eigenvalue weighted by Crippen LogP contribution is -2.44. The highest BCUT2D eigenvalue weighted by atomic mass is 16.3. The molecule has 1 amide bonds. The van der Waals surface area contributed by atoms with Gasteiger partial charge in [0.15, 0.2) is 0 Å². The van der Waals surface area contributed by atoms with Crippen molar-refractivity contribution in [1.29, 1.82) is 0 Å². The van der Waals surface area contributed by atoms with Gasteiger partial charge in [0.2, 0.25) is 5.91 Å². The predicted octanol–water partition coefficient (Wildman–Crippen LogP) is 9.56. The third-order valence-electron chi connectivity index (χ3n) is 7.83. The van der Waals surface area contributed by atoms with Crippen LogP contribution in [0.2, 0.25) is 0 Å². The monoisotopic (exact) mass is 538 g/mol. The summed E-state index contributed by atoms with van der Waals surface area (Å²) in [6, 6.07) is -0.613. The van der Waals surface area contributed by atoms with E-state index in [1.807, 2.05) is 6.08 Å². The second kappa shape index (κ2) is 30.7. The molecular formula is C34H67NO3. The largest absolute Gasteiger partial charge is 0.394 e. The van der Waals surface area contributed by atoms with Crippen LogP contribution in [0, 0.1) is 0 Å². The molecule has 0 heterocycles. The van der Waals surface area contributed by atoms with Gasteiger partial charge in [-0.1, -0.05) is 174 Å². The third kappa shape index (κ3) is 26.7. The lowest BCUT2D eigenvalue weighted by molar-refractivity contribution is -0.122. The summed E-state index contributed by atoms with van der Waals surface area (Å²) < 4.78 is 0. The maximum absolute atomic E-state index is 11.4. The van der Waals surface area contributed by atoms with E-state index >= 15 is 0 Å². The molecule has 226 valence electrons. The van der Waals surface area contributed by atoms with Gasteiger partial charge in [-0.2, -0.15) is 0 Å². The molecule has 0 saturated heterocycles. The highest BCUT2D eigenvalue weighted by molar-refractivity contribution is 5.75. The van der Waals surface area contributed by atoms with Crippen molar-refractivity contribution in [3.63, 3.8) is 0 Å². The van der Waals surface area contributed by atoms with E-state index in [0.29, 0.717) is 6.42 Å². The van der Waals surface area contributed by atoms with Gasteiger partial charge in [0.05, 0.1) is 18.8 Å². The minimum atomic E-state index is -0.829. The molecule has 0 fully saturated rings. The van der Waals surface area contributed by atoms with Crippen LogP contribution >= 0.6 is 0 Å². The number of hydrogen-bond donors (Lipinski definition) is 3. The van der Waals surface area contributed by atoms with Crippen molar-refractivity contribution < 1.29 is 15.0 Å². The van der Waals surface area contributed by atoms with Crippen LogP contribution in [0.1, 0.15) is 181 Å². The Kier molecular flexibility index (Phi) is 30.0. The van der Waals surface area contributed by atoms with Gasteiger partial charge in [-0.25, -0.2) is 0 Å². The Bertz CT molecular complexity index is 508. The van der Waals surface area contributed by atoms with Crippen LogP contribution in [-0.2, 0) is 4.79 Å². The summed E-state index contributed by atoms with van der Waals surface area (Å²) >= 11 is 0. The molecule has 0 spiro atoms. The maximum Gasteiger partial charge on any atom is 0.220 e. The number of rotatable bonds is 30. The topological polar surface area (TPSA) is 69.6 Å². The van der Waals surface area contributed by atoms with Gasteiger partial charge in [0.25, 0.3) is 0 Å². The number of unbranched alkanes of at least 4 members (excludes halogenated alkanes) is 24. The van der Waals surface area contributed by atoms with Gasteiger partial charge in [-0.15, -0.1) is 0 Å². The SMILES string of the molecule is CCCCCCCCCCCCCCCCCCCCCCCCCC/C=C/C(O)C(CO)NC(=O)CC. The normalized spacial score (nSPS) is 13.3. The van der Waals surface area contributed by atoms with Crippen molar-refractivity contribution in [3.05, 3.63) is 12.2 Å². The van der Waals surface area contributed by atoms with Crippen LogP contribution in [0.3, 0.4) is 0 Å². The van der Waals surface area contributed by atoms with Gasteiger partial charge in [-0.05, 0) is 12.8 Å². The average molecular weight is 538 g/mol. The first-order chi connectivity index (χ1) is 18.7. The third-order valence-corrected chi connectivity index (χ3v) is 7.83. The molecule has 0 aliphatic carbocycles. The summed E-state index contributed by atoms with van der Waals surface area (Å²) in [5.74, 6) is -0.151. The first-order valence-electron chi connectivity index (χ1n) is 16.9. The van der Waals surface area contributed by atoms with E-state index in [0.717, 1.165) is 12.8 Å². The molecule has 0 rings (SSSR count). The van der Waals surface area contributed by atoms with Gasteiger partial charge in [0.1, 0.15) is 0 Å². The smallest absolute Gasteiger partial charge is 0.220 e. The van der Waals surface area contributed by atoms with Gasteiger partial charge in [-0.3, -0.25) is 4.79 Å². The summed E-state index contributed by atoms with van der Waals surface area (Å²) in [6.07, 6.45) is 37.8. The Hall–Kier alpha value is -0.870. The summed E-state index contributed by atoms with van der Waals surface area (Å²) in [6.45, 7) is 3.80. The lowest BCUT2D eigenvalue weighted by Gasteiger charge is -2.19. The standard InChI is InChI=1S/C34H67NO3/c1-3-5-6-7-8-9-10-11-12-13-14-15-16-17-18-19-20-21-22-23-24-25-26-27-28-29-30-33(37)32(31-36)35-34(38)4-2/h29-30,32-33,36-37H,3-28,31H2,1-2H3,(H,35,38)/b30-29+. The fourth-order valence-corrected chi connectivity index (χ4v) is 5.14. The zero-order valence-corrected chi connectivity index (χ0v) is 25.7. The molecule has 0 aliphatic rings. The highest BCUT2D eigenvalue weighted by Gasteiger charge is 2.17. The molecule has 4 heteroatoms. The molecule has 0 bridgehead atoms. The lowest BCUT2D eigenvalue weighted by atomic mass is 10.0. The first-order valence-corrected chi connectivity index (χ1v) is 16.9. The van der Waals surface area contributed by atoms with Crippen molar-refractivity contribution >= 4 is 5.91 Å². The maximum atomic E-state index is 11.4. The van der Waals surface area contributed by atoms with Crippen molar-refractivity contribution in [2.45, 2.75) is 193 Å².